The van der Waals surface area contributed by atoms with E-state index in [9.17, 15) is 46.0 Å². The van der Waals surface area contributed by atoms with Gasteiger partial charge in [0, 0.05) is 49.4 Å². The maximum atomic E-state index is 12.9. The Morgan fingerprint density at radius 2 is 0.408 bits per heavy atom. The third-order valence-electron chi connectivity index (χ3n) is 20.5. The first kappa shape index (κ1) is 71.2. The number of hydrogen-bond donors (Lipinski definition) is 9. The van der Waals surface area contributed by atoms with Crippen LogP contribution in [0.3, 0.4) is 0 Å². The first-order valence-corrected chi connectivity index (χ1v) is 34.9. The molecule has 510 valence electrons. The van der Waals surface area contributed by atoms with Crippen molar-refractivity contribution in [2.24, 2.45) is 0 Å². The number of hydrogen-bond acceptors (Lipinski definition) is 9. The van der Waals surface area contributed by atoms with Crippen LogP contribution in [0.1, 0.15) is 267 Å². The largest absolute Gasteiger partial charge is 0.508 e. The molecule has 0 spiro atoms. The van der Waals surface area contributed by atoms with Crippen molar-refractivity contribution < 1.29 is 46.0 Å². The summed E-state index contributed by atoms with van der Waals surface area (Å²) < 4.78 is 0. The Kier molecular flexibility index (Phi) is 20.9. The van der Waals surface area contributed by atoms with Gasteiger partial charge in [-0.25, -0.2) is 0 Å². The van der Waals surface area contributed by atoms with E-state index in [0.717, 1.165) is 106 Å². The Labute approximate surface area is 581 Å². The molecule has 0 aromatic heterocycles. The molecule has 9 heteroatoms. The van der Waals surface area contributed by atoms with Gasteiger partial charge in [0.2, 0.25) is 0 Å². The summed E-state index contributed by atoms with van der Waals surface area (Å²) in [7, 11) is 0. The molecule has 10 rings (SSSR count). The van der Waals surface area contributed by atoms with Gasteiger partial charge in [0.05, 0.1) is 0 Å². The molecule has 0 radical (unpaired) electrons. The van der Waals surface area contributed by atoms with Crippen LogP contribution in [0.5, 0.6) is 51.7 Å². The number of rotatable bonds is 23. The molecule has 9 N–H and O–H groups in total. The molecule has 0 aliphatic rings. The molecule has 0 aliphatic heterocycles. The maximum absolute atomic E-state index is 12.9. The minimum absolute atomic E-state index is 0.0339. The second kappa shape index (κ2) is 28.8. The van der Waals surface area contributed by atoms with Gasteiger partial charge in [0.15, 0.2) is 0 Å². The second-order valence-corrected chi connectivity index (χ2v) is 30.1. The monoisotopic (exact) mass is 1310 g/mol. The van der Waals surface area contributed by atoms with Gasteiger partial charge < -0.3 is 46.0 Å². The third-order valence-corrected chi connectivity index (χ3v) is 20.5. The standard InChI is InChI=1S/C89H100O9/c1-50(2)73-38-56(16-26-79(73)90)32-62-44-70(45-63(85(62)96)33-57-17-27-80(91)74(39-57)51(3)4)88(13,14)68-22-24-69(25-23-68)89(15,71-46-64(34-58-18-28-81(92)75(40-58)52(5)6)86(97)65(47-71)35-59-19-29-82(93)76(41-59)53(7)8)72-48-66(36-60-20-30-83(94)77(42-60)54(9)10)87(98)67(49-72)37-61-21-31-84(95)78(43-61)55(11)12/h16-31,38-55,90-98H,32-37H2,1-15H3. The zero-order valence-electron chi connectivity index (χ0n) is 59.9. The average molecular weight is 1310 g/mol. The molecule has 10 aromatic carbocycles. The van der Waals surface area contributed by atoms with E-state index in [1.807, 2.05) is 128 Å². The van der Waals surface area contributed by atoms with E-state index >= 15 is 0 Å². The number of phenols is 9. The fourth-order valence-electron chi connectivity index (χ4n) is 14.3. The fraction of sp³-hybridized carbons (Fsp3) is 0.326. The van der Waals surface area contributed by atoms with Gasteiger partial charge in [-0.15, -0.1) is 0 Å². The van der Waals surface area contributed by atoms with Gasteiger partial charge in [-0.3, -0.25) is 0 Å². The van der Waals surface area contributed by atoms with Crippen LogP contribution < -0.4 is 0 Å². The summed E-state index contributed by atoms with van der Waals surface area (Å²) in [4.78, 5) is 0. The lowest BCUT2D eigenvalue weighted by molar-refractivity contribution is 0.460. The summed E-state index contributed by atoms with van der Waals surface area (Å²) in [5, 5.41) is 104. The highest BCUT2D eigenvalue weighted by Gasteiger charge is 2.36. The molecule has 0 unspecified atom stereocenters. The highest BCUT2D eigenvalue weighted by atomic mass is 16.3. The molecule has 0 bridgehead atoms. The van der Waals surface area contributed by atoms with Crippen molar-refractivity contribution in [1.29, 1.82) is 0 Å². The maximum Gasteiger partial charge on any atom is 0.122 e. The van der Waals surface area contributed by atoms with Gasteiger partial charge in [-0.1, -0.05) is 230 Å². The van der Waals surface area contributed by atoms with Crippen LogP contribution in [-0.4, -0.2) is 46.0 Å². The molecule has 9 nitrogen and oxygen atoms in total. The molecule has 0 amide bonds. The van der Waals surface area contributed by atoms with E-state index in [4.69, 9.17) is 0 Å². The van der Waals surface area contributed by atoms with E-state index in [1.165, 1.54) is 0 Å². The Hall–Kier alpha value is -9.60. The lowest BCUT2D eigenvalue weighted by Gasteiger charge is -2.35. The van der Waals surface area contributed by atoms with Crippen molar-refractivity contribution in [3.8, 4) is 51.7 Å². The van der Waals surface area contributed by atoms with Crippen LogP contribution in [0.2, 0.25) is 0 Å². The van der Waals surface area contributed by atoms with E-state index in [1.54, 1.807) is 36.4 Å². The third kappa shape index (κ3) is 15.1. The second-order valence-electron chi connectivity index (χ2n) is 30.1. The SMILES string of the molecule is CC(C)c1cc(Cc2cc(C(C)(C)c3ccc(C(C)(c4cc(Cc5ccc(O)c(C(C)C)c5)c(O)c(Cc5ccc(O)c(C(C)C)c5)c4)c4cc(Cc5ccc(O)c(C(C)C)c5)c(O)c(Cc5ccc(O)c(C(C)C)c5)c4)cc3)cc(Cc3ccc(O)c(C(C)C)c3)c2O)ccc1O. The van der Waals surface area contributed by atoms with Crippen molar-refractivity contribution in [3.63, 3.8) is 0 Å². The van der Waals surface area contributed by atoms with E-state index in [2.05, 4.69) is 109 Å². The Morgan fingerprint density at radius 1 is 0.224 bits per heavy atom. The molecule has 0 saturated carbocycles. The van der Waals surface area contributed by atoms with Crippen LogP contribution >= 0.6 is 0 Å². The predicted octanol–water partition coefficient (Wildman–Crippen LogP) is 21.0. The molecule has 0 aliphatic carbocycles. The molecule has 10 aromatic rings. The molecule has 0 saturated heterocycles. The normalized spacial score (nSPS) is 12.2. The molecule has 0 fully saturated rings. The van der Waals surface area contributed by atoms with Crippen LogP contribution in [0, 0.1) is 0 Å². The van der Waals surface area contributed by atoms with E-state index in [-0.39, 0.29) is 87.3 Å². The number of phenolic OH excluding ortho intramolecular Hbond substituents is 9. The van der Waals surface area contributed by atoms with E-state index < -0.39 is 10.8 Å². The van der Waals surface area contributed by atoms with Gasteiger partial charge in [0.25, 0.3) is 0 Å². The Morgan fingerprint density at radius 3 is 0.602 bits per heavy atom. The van der Waals surface area contributed by atoms with Crippen molar-refractivity contribution in [2.45, 2.75) is 189 Å². The summed E-state index contributed by atoms with van der Waals surface area (Å²) in [6, 6.07) is 55.5. The van der Waals surface area contributed by atoms with E-state index in [0.29, 0.717) is 60.8 Å². The lowest BCUT2D eigenvalue weighted by atomic mass is 9.68. The summed E-state index contributed by atoms with van der Waals surface area (Å²) in [5.74, 6) is 2.10. The smallest absolute Gasteiger partial charge is 0.122 e. The van der Waals surface area contributed by atoms with Gasteiger partial charge >= 0.3 is 0 Å². The minimum Gasteiger partial charge on any atom is -0.508 e. The summed E-state index contributed by atoms with van der Waals surface area (Å²) >= 11 is 0. The molecular formula is C89H100O9. The van der Waals surface area contributed by atoms with Crippen LogP contribution in [0.25, 0.3) is 0 Å². The first-order valence-electron chi connectivity index (χ1n) is 34.9. The minimum atomic E-state index is -1.04. The molecule has 0 atom stereocenters. The Bertz CT molecular complexity index is 4150. The predicted molar refractivity (Wildman–Crippen MR) is 398 cm³/mol. The van der Waals surface area contributed by atoms with Gasteiger partial charge in [-0.2, -0.15) is 0 Å². The van der Waals surface area contributed by atoms with Crippen molar-refractivity contribution in [1.82, 2.24) is 0 Å². The zero-order chi connectivity index (χ0) is 71.0. The van der Waals surface area contributed by atoms with Crippen LogP contribution in [0.15, 0.2) is 170 Å². The van der Waals surface area contributed by atoms with Crippen LogP contribution in [0.4, 0.5) is 0 Å². The number of benzene rings is 10. The average Bonchev–Trinajstić information content (AvgIpc) is 0.739. The van der Waals surface area contributed by atoms with Crippen molar-refractivity contribution >= 4 is 0 Å². The summed E-state index contributed by atoms with van der Waals surface area (Å²) in [6.45, 7) is 31.2. The number of aromatic hydroxyl groups is 9. The topological polar surface area (TPSA) is 182 Å². The van der Waals surface area contributed by atoms with Gasteiger partial charge in [0.1, 0.15) is 51.7 Å². The zero-order valence-corrected chi connectivity index (χ0v) is 59.9. The highest BCUT2D eigenvalue weighted by molar-refractivity contribution is 5.62. The van der Waals surface area contributed by atoms with Crippen molar-refractivity contribution in [2.75, 3.05) is 0 Å². The fourth-order valence-corrected chi connectivity index (χ4v) is 14.3. The Balaban J connectivity index is 1.21. The van der Waals surface area contributed by atoms with Crippen LogP contribution in [-0.2, 0) is 49.4 Å². The molecule has 0 heterocycles. The first-order chi connectivity index (χ1) is 46.3. The van der Waals surface area contributed by atoms with Crippen molar-refractivity contribution in [3.05, 3.63) is 298 Å². The van der Waals surface area contributed by atoms with Gasteiger partial charge in [-0.05, 0) is 207 Å². The summed E-state index contributed by atoms with van der Waals surface area (Å²) in [6.07, 6.45) is 2.16. The highest BCUT2D eigenvalue weighted by Crippen LogP contribution is 2.48. The molecule has 98 heavy (non-hydrogen) atoms. The summed E-state index contributed by atoms with van der Waals surface area (Å²) in [5.41, 5.74) is 17.6. The lowest BCUT2D eigenvalue weighted by Crippen LogP contribution is -2.27. The quantitative estimate of drug-likeness (QED) is 0.0282. The molecular weight excluding hydrogens is 1210 g/mol.